The molecule has 0 radical (unpaired) electrons. The first-order chi connectivity index (χ1) is 16.2. The van der Waals surface area contributed by atoms with Gasteiger partial charge in [0.1, 0.15) is 11.4 Å². The largest absolute Gasteiger partial charge is 0.481 e. The molecule has 0 saturated carbocycles. The van der Waals surface area contributed by atoms with Crippen LogP contribution in [0.1, 0.15) is 43.3 Å². The van der Waals surface area contributed by atoms with E-state index in [1.165, 1.54) is 0 Å². The number of aryl methyl sites for hydroxylation is 1. The number of amides is 1. The van der Waals surface area contributed by atoms with Gasteiger partial charge in [-0.1, -0.05) is 6.92 Å². The third kappa shape index (κ3) is 4.10. The van der Waals surface area contributed by atoms with E-state index in [1.807, 2.05) is 0 Å². The van der Waals surface area contributed by atoms with Crippen molar-refractivity contribution in [1.29, 1.82) is 0 Å². The predicted molar refractivity (Wildman–Crippen MR) is 114 cm³/mol. The Morgan fingerprint density at radius 3 is 2.79 bits per heavy atom. The van der Waals surface area contributed by atoms with E-state index in [9.17, 15) is 18.0 Å². The molecule has 2 atom stereocenters. The molecule has 180 valence electrons. The van der Waals surface area contributed by atoms with Gasteiger partial charge in [-0.3, -0.25) is 4.79 Å². The van der Waals surface area contributed by atoms with Crippen LogP contribution in [0.4, 0.5) is 13.2 Å². The average Bonchev–Trinajstić information content (AvgIpc) is 3.55. The number of ether oxygens (including phenoxy) is 3. The molecule has 1 saturated heterocycles. The van der Waals surface area contributed by atoms with Gasteiger partial charge in [-0.25, -0.2) is 9.50 Å². The summed E-state index contributed by atoms with van der Waals surface area (Å²) in [6.07, 6.45) is -4.32. The highest BCUT2D eigenvalue weighted by atomic mass is 19.4. The fraction of sp³-hybridized carbons (Fsp3) is 0.435. The molecular weight excluding hydrogens is 453 g/mol. The van der Waals surface area contributed by atoms with E-state index in [-0.39, 0.29) is 24.3 Å². The maximum absolute atomic E-state index is 13.6. The Bertz CT molecular complexity index is 1240. The molecule has 11 heteroatoms. The van der Waals surface area contributed by atoms with E-state index < -0.39 is 18.0 Å². The quantitative estimate of drug-likeness (QED) is 0.557. The first-order valence-electron chi connectivity index (χ1n) is 11.0. The minimum Gasteiger partial charge on any atom is -0.481 e. The van der Waals surface area contributed by atoms with Crippen LogP contribution in [0.15, 0.2) is 30.3 Å². The molecule has 0 bridgehead atoms. The maximum atomic E-state index is 13.6. The van der Waals surface area contributed by atoms with E-state index in [4.69, 9.17) is 14.2 Å². The maximum Gasteiger partial charge on any atom is 0.433 e. The second-order valence-corrected chi connectivity index (χ2v) is 8.37. The lowest BCUT2D eigenvalue weighted by Crippen LogP contribution is -2.39. The third-order valence-electron chi connectivity index (χ3n) is 6.07. The van der Waals surface area contributed by atoms with Crippen LogP contribution in [0.2, 0.25) is 0 Å². The summed E-state index contributed by atoms with van der Waals surface area (Å²) < 4.78 is 57.9. The van der Waals surface area contributed by atoms with Crippen molar-refractivity contribution in [1.82, 2.24) is 19.5 Å². The fourth-order valence-corrected chi connectivity index (χ4v) is 4.29. The number of benzene rings is 1. The Morgan fingerprint density at radius 2 is 2.03 bits per heavy atom. The monoisotopic (exact) mass is 476 g/mol. The van der Waals surface area contributed by atoms with Gasteiger partial charge < -0.3 is 19.1 Å². The lowest BCUT2D eigenvalue weighted by molar-refractivity contribution is -0.142. The van der Waals surface area contributed by atoms with Crippen LogP contribution < -0.4 is 14.2 Å². The molecular formula is C23H23F3N4O4. The Labute approximate surface area is 193 Å². The van der Waals surface area contributed by atoms with E-state index in [2.05, 4.69) is 10.1 Å². The Morgan fingerprint density at radius 1 is 1.24 bits per heavy atom. The molecule has 0 unspecified atom stereocenters. The first kappa shape index (κ1) is 22.3. The summed E-state index contributed by atoms with van der Waals surface area (Å²) in [4.78, 5) is 18.9. The molecule has 0 aliphatic carbocycles. The number of hydrogen-bond acceptors (Lipinski definition) is 6. The van der Waals surface area contributed by atoms with Gasteiger partial charge in [0.2, 0.25) is 6.79 Å². The lowest BCUT2D eigenvalue weighted by Gasteiger charge is -2.21. The highest BCUT2D eigenvalue weighted by Crippen LogP contribution is 2.36. The van der Waals surface area contributed by atoms with Gasteiger partial charge >= 0.3 is 6.18 Å². The van der Waals surface area contributed by atoms with Crippen LogP contribution in [-0.4, -0.2) is 51.4 Å². The number of nitrogens with zero attached hydrogens (tertiary/aromatic N) is 4. The first-order valence-corrected chi connectivity index (χ1v) is 11.0. The van der Waals surface area contributed by atoms with Gasteiger partial charge in [0.25, 0.3) is 5.91 Å². The number of alkyl halides is 3. The zero-order valence-electron chi connectivity index (χ0n) is 18.6. The van der Waals surface area contributed by atoms with Crippen molar-refractivity contribution in [3.63, 3.8) is 0 Å². The molecule has 1 fully saturated rings. The number of halogens is 3. The zero-order valence-corrected chi connectivity index (χ0v) is 18.6. The van der Waals surface area contributed by atoms with Crippen LogP contribution in [-0.2, 0) is 17.4 Å². The van der Waals surface area contributed by atoms with Crippen LogP contribution >= 0.6 is 0 Å². The highest BCUT2D eigenvalue weighted by molar-refractivity contribution is 5.81. The Hall–Kier alpha value is -3.50. The van der Waals surface area contributed by atoms with Crippen molar-refractivity contribution in [2.75, 3.05) is 19.9 Å². The van der Waals surface area contributed by atoms with Gasteiger partial charge in [-0.2, -0.15) is 18.3 Å². The molecule has 5 rings (SSSR count). The predicted octanol–water partition coefficient (Wildman–Crippen LogP) is 3.82. The average molecular weight is 476 g/mol. The number of fused-ring (bicyclic) bond motifs is 2. The second kappa shape index (κ2) is 8.37. The Balaban J connectivity index is 1.30. The summed E-state index contributed by atoms with van der Waals surface area (Å²) in [7, 11) is 0. The number of carbonyl (C=O) groups excluding carboxylic acids is 1. The second-order valence-electron chi connectivity index (χ2n) is 8.37. The van der Waals surface area contributed by atoms with Crippen LogP contribution in [0.3, 0.4) is 0 Å². The van der Waals surface area contributed by atoms with Crippen LogP contribution in [0.25, 0.3) is 5.65 Å². The van der Waals surface area contributed by atoms with Gasteiger partial charge in [-0.05, 0) is 38.0 Å². The van der Waals surface area contributed by atoms with Gasteiger partial charge in [0, 0.05) is 36.8 Å². The van der Waals surface area contributed by atoms with Crippen molar-refractivity contribution in [2.24, 2.45) is 0 Å². The van der Waals surface area contributed by atoms with Gasteiger partial charge in [-0.15, -0.1) is 0 Å². The normalized spacial score (nSPS) is 18.5. The molecule has 8 nitrogen and oxygen atoms in total. The summed E-state index contributed by atoms with van der Waals surface area (Å²) in [5.41, 5.74) is 0.151. The SMILES string of the molecule is CCc1cc(C(F)(F)F)n2nc([C@@H]3CCN(C(=O)[C@@H](C)Oc4ccc5c(c4)OCO5)C3)cc2n1. The molecule has 1 aromatic carbocycles. The van der Waals surface area contributed by atoms with Crippen molar-refractivity contribution in [3.8, 4) is 17.2 Å². The number of hydrogen-bond donors (Lipinski definition) is 0. The molecule has 4 heterocycles. The van der Waals surface area contributed by atoms with Crippen molar-refractivity contribution >= 4 is 11.6 Å². The van der Waals surface area contributed by atoms with E-state index in [0.29, 0.717) is 54.6 Å². The number of aromatic nitrogens is 3. The molecule has 1 amide bonds. The standard InChI is InChI=1S/C23H23F3N4O4/c1-3-15-8-20(23(24,25)26)30-21(27-15)10-17(28-30)14-6-7-29(11-14)22(31)13(2)34-16-4-5-18-19(9-16)33-12-32-18/h4-5,8-10,13-14H,3,6-7,11-12H2,1-2H3/t13-,14-/m1/s1. The minimum absolute atomic E-state index is 0.144. The van der Waals surface area contributed by atoms with Crippen molar-refractivity contribution in [2.45, 2.75) is 44.9 Å². The zero-order chi connectivity index (χ0) is 24.0. The molecule has 3 aromatic rings. The number of rotatable bonds is 5. The van der Waals surface area contributed by atoms with Crippen LogP contribution in [0.5, 0.6) is 17.2 Å². The highest BCUT2D eigenvalue weighted by Gasteiger charge is 2.37. The molecule has 0 N–H and O–H groups in total. The molecule has 0 spiro atoms. The fourth-order valence-electron chi connectivity index (χ4n) is 4.29. The molecule has 34 heavy (non-hydrogen) atoms. The minimum atomic E-state index is -4.55. The van der Waals surface area contributed by atoms with E-state index >= 15 is 0 Å². The molecule has 2 aliphatic heterocycles. The van der Waals surface area contributed by atoms with Gasteiger partial charge in [0.05, 0.1) is 5.69 Å². The van der Waals surface area contributed by atoms with E-state index in [1.54, 1.807) is 43.0 Å². The molecule has 2 aromatic heterocycles. The summed E-state index contributed by atoms with van der Waals surface area (Å²) >= 11 is 0. The number of likely N-dealkylation sites (tertiary alicyclic amines) is 1. The van der Waals surface area contributed by atoms with Crippen molar-refractivity contribution < 1.29 is 32.2 Å². The Kier molecular flexibility index (Phi) is 5.49. The van der Waals surface area contributed by atoms with Gasteiger partial charge in [0.15, 0.2) is 23.3 Å². The third-order valence-corrected chi connectivity index (χ3v) is 6.07. The summed E-state index contributed by atoms with van der Waals surface area (Å²) in [6, 6.07) is 7.71. The summed E-state index contributed by atoms with van der Waals surface area (Å²) in [6.45, 7) is 4.37. The number of carbonyl (C=O) groups is 1. The topological polar surface area (TPSA) is 78.2 Å². The van der Waals surface area contributed by atoms with E-state index in [0.717, 1.165) is 10.6 Å². The summed E-state index contributed by atoms with van der Waals surface area (Å²) in [5, 5.41) is 4.22. The summed E-state index contributed by atoms with van der Waals surface area (Å²) in [5.74, 6) is 1.28. The van der Waals surface area contributed by atoms with Crippen LogP contribution in [0, 0.1) is 0 Å². The van der Waals surface area contributed by atoms with Crippen molar-refractivity contribution in [3.05, 3.63) is 47.4 Å². The lowest BCUT2D eigenvalue weighted by atomic mass is 10.1. The molecule has 2 aliphatic rings. The smallest absolute Gasteiger partial charge is 0.433 e.